The number of hydrogen-bond donors (Lipinski definition) is 5. The van der Waals surface area contributed by atoms with Crippen molar-refractivity contribution in [1.29, 1.82) is 0 Å². The van der Waals surface area contributed by atoms with Gasteiger partial charge in [-0.3, -0.25) is 4.79 Å². The number of allylic oxidation sites excluding steroid dienone is 1. The van der Waals surface area contributed by atoms with Gasteiger partial charge in [0.25, 0.3) is 5.91 Å². The van der Waals surface area contributed by atoms with Gasteiger partial charge in [-0.1, -0.05) is 31.2 Å². The number of anilines is 1. The second kappa shape index (κ2) is 7.94. The number of rotatable bonds is 6. The minimum absolute atomic E-state index is 0.0931. The van der Waals surface area contributed by atoms with Gasteiger partial charge in [-0.05, 0) is 43.2 Å². The van der Waals surface area contributed by atoms with Crippen LogP contribution in [-0.2, 0) is 0 Å². The molecule has 166 valence electrons. The molecule has 2 heterocycles. The molecule has 3 aromatic rings. The maximum atomic E-state index is 12.5. The average molecular weight is 433 g/mol. The molecular formula is C24H28N6O2. The average Bonchev–Trinajstić information content (AvgIpc) is 3.51. The smallest absolute Gasteiger partial charge is 0.251 e. The van der Waals surface area contributed by atoms with Crippen LogP contribution in [0.15, 0.2) is 42.6 Å². The molecule has 5 atom stereocenters. The van der Waals surface area contributed by atoms with Gasteiger partial charge < -0.3 is 26.5 Å². The number of fused-ring (bicyclic) bond motifs is 3. The van der Waals surface area contributed by atoms with Crippen LogP contribution in [0.1, 0.15) is 30.6 Å². The number of aromatic nitrogens is 3. The first-order chi connectivity index (χ1) is 15.4. The summed E-state index contributed by atoms with van der Waals surface area (Å²) < 4.78 is 0. The normalized spacial score (nSPS) is 24.7. The van der Waals surface area contributed by atoms with Gasteiger partial charge in [0.15, 0.2) is 11.4 Å². The Morgan fingerprint density at radius 3 is 2.91 bits per heavy atom. The van der Waals surface area contributed by atoms with Crippen molar-refractivity contribution in [2.45, 2.75) is 32.4 Å². The van der Waals surface area contributed by atoms with Gasteiger partial charge in [0.2, 0.25) is 0 Å². The van der Waals surface area contributed by atoms with Crippen molar-refractivity contribution in [3.05, 3.63) is 48.2 Å². The van der Waals surface area contributed by atoms with Crippen LogP contribution in [0.5, 0.6) is 5.75 Å². The van der Waals surface area contributed by atoms with Crippen LogP contribution < -0.4 is 16.4 Å². The van der Waals surface area contributed by atoms with Gasteiger partial charge in [0.05, 0.1) is 6.20 Å². The van der Waals surface area contributed by atoms with Gasteiger partial charge in [0.1, 0.15) is 17.0 Å². The molecule has 6 N–H and O–H groups in total. The highest BCUT2D eigenvalue weighted by Gasteiger charge is 2.42. The molecule has 0 spiro atoms. The lowest BCUT2D eigenvalue weighted by atomic mass is 9.90. The summed E-state index contributed by atoms with van der Waals surface area (Å²) in [5, 5.41) is 17.0. The van der Waals surface area contributed by atoms with E-state index in [1.165, 1.54) is 6.20 Å². The Morgan fingerprint density at radius 1 is 1.34 bits per heavy atom. The topological polar surface area (TPSA) is 129 Å². The molecule has 0 aliphatic heterocycles. The van der Waals surface area contributed by atoms with Crippen LogP contribution in [0.25, 0.3) is 22.6 Å². The fraction of sp³-hybridized carbons (Fsp3) is 0.375. The molecule has 5 unspecified atom stereocenters. The Labute approximate surface area is 186 Å². The van der Waals surface area contributed by atoms with Gasteiger partial charge in [-0.25, -0.2) is 9.97 Å². The van der Waals surface area contributed by atoms with Crippen molar-refractivity contribution in [3.63, 3.8) is 0 Å². The van der Waals surface area contributed by atoms with Crippen LogP contribution in [0.3, 0.4) is 0 Å². The first-order valence-corrected chi connectivity index (χ1v) is 11.1. The van der Waals surface area contributed by atoms with Crippen LogP contribution in [-0.4, -0.2) is 44.6 Å². The maximum Gasteiger partial charge on any atom is 0.251 e. The second-order valence-corrected chi connectivity index (χ2v) is 8.97. The molecule has 2 aromatic heterocycles. The minimum Gasteiger partial charge on any atom is -0.504 e. The number of H-pyrrole nitrogens is 1. The van der Waals surface area contributed by atoms with Crippen LogP contribution in [0.2, 0.25) is 0 Å². The summed E-state index contributed by atoms with van der Waals surface area (Å²) in [6.45, 7) is 4.49. The highest BCUT2D eigenvalue weighted by atomic mass is 16.3. The van der Waals surface area contributed by atoms with Crippen molar-refractivity contribution in [3.8, 4) is 17.1 Å². The third-order valence-electron chi connectivity index (χ3n) is 6.79. The van der Waals surface area contributed by atoms with E-state index >= 15 is 0 Å². The standard InChI is InChI=1S/C24H28N6O2/c1-12(10-25)27-24(32)17-5-3-4-16(9-17)22-29-21-20(18(31)11-26-23(21)30-22)28-19-13(2)14-6-7-15(19)8-14/h3-7,9,11-15,19,31H,8,10,25H2,1-2H3,(H,27,32)(H2,26,28,29,30). The number of nitrogens with zero attached hydrogens (tertiary/aromatic N) is 2. The van der Waals surface area contributed by atoms with Gasteiger partial charge in [-0.2, -0.15) is 0 Å². The highest BCUT2D eigenvalue weighted by Crippen LogP contribution is 2.46. The Kier molecular flexibility index (Phi) is 5.09. The fourth-order valence-corrected chi connectivity index (χ4v) is 4.88. The van der Waals surface area contributed by atoms with E-state index in [-0.39, 0.29) is 23.7 Å². The zero-order valence-corrected chi connectivity index (χ0v) is 18.2. The number of aromatic hydroxyl groups is 1. The lowest BCUT2D eigenvalue weighted by molar-refractivity contribution is 0.0941. The first-order valence-electron chi connectivity index (χ1n) is 11.1. The third-order valence-corrected chi connectivity index (χ3v) is 6.79. The Morgan fingerprint density at radius 2 is 2.16 bits per heavy atom. The molecular weight excluding hydrogens is 404 g/mol. The maximum absolute atomic E-state index is 12.5. The Hall–Kier alpha value is -3.39. The predicted molar refractivity (Wildman–Crippen MR) is 124 cm³/mol. The number of amides is 1. The number of aromatic amines is 1. The molecule has 1 saturated carbocycles. The van der Waals surface area contributed by atoms with Crippen molar-refractivity contribution < 1.29 is 9.90 Å². The zero-order valence-electron chi connectivity index (χ0n) is 18.2. The Balaban J connectivity index is 1.47. The lowest BCUT2D eigenvalue weighted by Crippen LogP contribution is -2.37. The molecule has 2 aliphatic rings. The summed E-state index contributed by atoms with van der Waals surface area (Å²) in [4.78, 5) is 24.7. The molecule has 8 heteroatoms. The summed E-state index contributed by atoms with van der Waals surface area (Å²) in [7, 11) is 0. The van der Waals surface area contributed by atoms with Crippen molar-refractivity contribution in [1.82, 2.24) is 20.3 Å². The molecule has 1 aromatic carbocycles. The van der Waals surface area contributed by atoms with E-state index in [4.69, 9.17) is 5.73 Å². The molecule has 1 fully saturated rings. The summed E-state index contributed by atoms with van der Waals surface area (Å²) in [6, 6.07) is 7.39. The Bertz CT molecular complexity index is 1200. The van der Waals surface area contributed by atoms with Crippen molar-refractivity contribution in [2.75, 3.05) is 11.9 Å². The molecule has 32 heavy (non-hydrogen) atoms. The highest BCUT2D eigenvalue weighted by molar-refractivity contribution is 5.96. The number of benzene rings is 1. The van der Waals surface area contributed by atoms with E-state index in [1.54, 1.807) is 12.1 Å². The number of nitrogens with two attached hydrogens (primary N) is 1. The van der Waals surface area contributed by atoms with E-state index in [0.29, 0.717) is 52.5 Å². The monoisotopic (exact) mass is 432 g/mol. The number of pyridine rings is 1. The minimum atomic E-state index is -0.183. The molecule has 2 aliphatic carbocycles. The van der Waals surface area contributed by atoms with Gasteiger partial charge in [0, 0.05) is 29.8 Å². The summed E-state index contributed by atoms with van der Waals surface area (Å²) in [5.41, 5.74) is 8.69. The SMILES string of the molecule is CC(CN)NC(=O)c1cccc(-c2nc3ncc(O)c(NC4C5C=CC(C5)C4C)c3[nH]2)c1. The molecule has 2 bridgehead atoms. The molecule has 0 saturated heterocycles. The van der Waals surface area contributed by atoms with Gasteiger partial charge >= 0.3 is 0 Å². The third kappa shape index (κ3) is 3.50. The van der Waals surface area contributed by atoms with E-state index in [1.807, 2.05) is 19.1 Å². The van der Waals surface area contributed by atoms with E-state index in [2.05, 4.69) is 44.7 Å². The van der Waals surface area contributed by atoms with Gasteiger partial charge in [-0.15, -0.1) is 0 Å². The number of hydrogen-bond acceptors (Lipinski definition) is 6. The fourth-order valence-electron chi connectivity index (χ4n) is 4.88. The number of nitrogens with one attached hydrogen (secondary N) is 3. The van der Waals surface area contributed by atoms with E-state index in [0.717, 1.165) is 12.0 Å². The lowest BCUT2D eigenvalue weighted by Gasteiger charge is -2.27. The van der Waals surface area contributed by atoms with E-state index in [9.17, 15) is 9.90 Å². The largest absolute Gasteiger partial charge is 0.504 e. The van der Waals surface area contributed by atoms with Crippen LogP contribution >= 0.6 is 0 Å². The second-order valence-electron chi connectivity index (χ2n) is 8.97. The van der Waals surface area contributed by atoms with Crippen molar-refractivity contribution in [2.24, 2.45) is 23.5 Å². The predicted octanol–water partition coefficient (Wildman–Crippen LogP) is 3.03. The van der Waals surface area contributed by atoms with Crippen molar-refractivity contribution >= 4 is 22.8 Å². The number of imidazole rings is 1. The number of carbonyl (C=O) groups excluding carboxylic acids is 1. The first kappa shape index (κ1) is 20.5. The summed E-state index contributed by atoms with van der Waals surface area (Å²) in [5.74, 6) is 2.04. The summed E-state index contributed by atoms with van der Waals surface area (Å²) >= 11 is 0. The van der Waals surface area contributed by atoms with Crippen LogP contribution in [0.4, 0.5) is 5.69 Å². The molecule has 5 rings (SSSR count). The quantitative estimate of drug-likeness (QED) is 0.381. The zero-order chi connectivity index (χ0) is 22.4. The van der Waals surface area contributed by atoms with E-state index < -0.39 is 0 Å². The number of carbonyl (C=O) groups is 1. The molecule has 0 radical (unpaired) electrons. The summed E-state index contributed by atoms with van der Waals surface area (Å²) in [6.07, 6.45) is 7.17. The molecule has 1 amide bonds. The molecule has 8 nitrogen and oxygen atoms in total. The van der Waals surface area contributed by atoms with Crippen LogP contribution in [0, 0.1) is 17.8 Å².